The summed E-state index contributed by atoms with van der Waals surface area (Å²) in [6.07, 6.45) is 2.26. The highest BCUT2D eigenvalue weighted by Gasteiger charge is 2.59. The second-order valence-corrected chi connectivity index (χ2v) is 11.6. The van der Waals surface area contributed by atoms with E-state index in [-0.39, 0.29) is 28.7 Å². The first-order valence-electron chi connectivity index (χ1n) is 12.3. The maximum Gasteiger partial charge on any atom is 0.438 e. The smallest absolute Gasteiger partial charge is 0.438 e. The minimum absolute atomic E-state index is 0.0179. The molecule has 2 amide bonds. The molecule has 0 atom stereocenters. The van der Waals surface area contributed by atoms with Crippen LogP contribution in [0.2, 0.25) is 0 Å². The number of ether oxygens (including phenoxy) is 1. The van der Waals surface area contributed by atoms with Gasteiger partial charge < -0.3 is 14.5 Å². The van der Waals surface area contributed by atoms with Crippen molar-refractivity contribution in [3.8, 4) is 5.75 Å². The first-order chi connectivity index (χ1) is 16.6. The summed E-state index contributed by atoms with van der Waals surface area (Å²) in [6, 6.07) is 0.0783. The van der Waals surface area contributed by atoms with Gasteiger partial charge in [0.2, 0.25) is 5.69 Å². The number of nitrogens with one attached hydrogen (secondary N) is 1. The molecule has 5 fully saturated rings. The van der Waals surface area contributed by atoms with E-state index in [1.165, 1.54) is 26.1 Å². The Bertz CT molecular complexity index is 1160. The average molecular weight is 492 g/mol. The number of H-pyrrole nitrogens is 1. The van der Waals surface area contributed by atoms with E-state index < -0.39 is 11.9 Å². The van der Waals surface area contributed by atoms with Crippen molar-refractivity contribution in [1.82, 2.24) is 34.8 Å². The van der Waals surface area contributed by atoms with E-state index in [9.17, 15) is 18.0 Å². The Kier molecular flexibility index (Phi) is 4.24. The summed E-state index contributed by atoms with van der Waals surface area (Å²) in [7, 11) is 1.45. The zero-order valence-electron chi connectivity index (χ0n) is 19.5. The third kappa shape index (κ3) is 3.50. The zero-order chi connectivity index (χ0) is 24.2. The number of halogens is 3. The number of hydrogen-bond acceptors (Lipinski definition) is 5. The van der Waals surface area contributed by atoms with Crippen LogP contribution in [0.25, 0.3) is 0 Å². The molecule has 2 saturated heterocycles. The molecular formula is C23H28F3N7O2. The molecular weight excluding hydrogens is 463 g/mol. The Morgan fingerprint density at radius 3 is 2.29 bits per heavy atom. The maximum absolute atomic E-state index is 13.1. The molecule has 12 heteroatoms. The van der Waals surface area contributed by atoms with Gasteiger partial charge in [0.15, 0.2) is 11.6 Å². The standard InChI is InChI=1S/C23H28F3N7O2/c1-31-8-16(17(30-31)23(24,25)26)35-15-6-22(7-15)11-33(12-22)20(34)32-9-21(10-32)4-14(5-21)19-27-18(28-29-19)13-2-3-13/h8,13-15H,2-7,9-12H2,1H3,(H,27,28,29). The van der Waals surface area contributed by atoms with Crippen molar-refractivity contribution >= 4 is 6.03 Å². The summed E-state index contributed by atoms with van der Waals surface area (Å²) >= 11 is 0. The number of nitrogens with zero attached hydrogens (tertiary/aromatic N) is 6. The van der Waals surface area contributed by atoms with E-state index in [2.05, 4.69) is 20.3 Å². The number of carbonyl (C=O) groups excluding carboxylic acids is 1. The summed E-state index contributed by atoms with van der Waals surface area (Å²) in [6.45, 7) is 2.88. The lowest BCUT2D eigenvalue weighted by Crippen LogP contribution is -2.71. The summed E-state index contributed by atoms with van der Waals surface area (Å²) in [5.74, 6) is 2.72. The summed E-state index contributed by atoms with van der Waals surface area (Å²) < 4.78 is 46.1. The van der Waals surface area contributed by atoms with Gasteiger partial charge >= 0.3 is 12.2 Å². The number of likely N-dealkylation sites (tertiary alicyclic amines) is 2. The average Bonchev–Trinajstić information content (AvgIpc) is 3.28. The molecule has 35 heavy (non-hydrogen) atoms. The van der Waals surface area contributed by atoms with Crippen molar-refractivity contribution in [2.24, 2.45) is 17.9 Å². The van der Waals surface area contributed by atoms with Gasteiger partial charge in [-0.1, -0.05) is 0 Å². The molecule has 0 aromatic carbocycles. The number of amides is 2. The molecule has 188 valence electrons. The van der Waals surface area contributed by atoms with Crippen LogP contribution in [0.1, 0.15) is 67.7 Å². The predicted molar refractivity (Wildman–Crippen MR) is 116 cm³/mol. The Morgan fingerprint density at radius 1 is 1.06 bits per heavy atom. The summed E-state index contributed by atoms with van der Waals surface area (Å²) in [5.41, 5.74) is -0.781. The largest absolute Gasteiger partial charge is 0.486 e. The summed E-state index contributed by atoms with van der Waals surface area (Å²) in [4.78, 5) is 21.4. The first-order valence-corrected chi connectivity index (χ1v) is 12.3. The fraction of sp³-hybridized carbons (Fsp3) is 0.739. The van der Waals surface area contributed by atoms with Crippen LogP contribution in [0.4, 0.5) is 18.0 Å². The van der Waals surface area contributed by atoms with Crippen molar-refractivity contribution in [2.75, 3.05) is 26.2 Å². The molecule has 2 aromatic heterocycles. The molecule has 3 saturated carbocycles. The minimum atomic E-state index is -4.54. The molecule has 2 aliphatic heterocycles. The molecule has 2 spiro atoms. The number of urea groups is 1. The van der Waals surface area contributed by atoms with Crippen molar-refractivity contribution in [3.05, 3.63) is 23.5 Å². The molecule has 0 radical (unpaired) electrons. The third-order valence-corrected chi connectivity index (χ3v) is 8.53. The predicted octanol–water partition coefficient (Wildman–Crippen LogP) is 3.28. The second kappa shape index (κ2) is 6.91. The Balaban J connectivity index is 0.862. The minimum Gasteiger partial charge on any atom is -0.486 e. The van der Waals surface area contributed by atoms with Crippen LogP contribution in [-0.4, -0.2) is 73.1 Å². The van der Waals surface area contributed by atoms with E-state index in [1.54, 1.807) is 0 Å². The van der Waals surface area contributed by atoms with Gasteiger partial charge in [0.1, 0.15) is 11.9 Å². The normalized spacial score (nSPS) is 25.3. The number of rotatable bonds is 4. The number of alkyl halides is 3. The van der Waals surface area contributed by atoms with E-state index in [1.807, 2.05) is 9.80 Å². The van der Waals surface area contributed by atoms with Crippen LogP contribution >= 0.6 is 0 Å². The highest BCUT2D eigenvalue weighted by molar-refractivity contribution is 5.77. The van der Waals surface area contributed by atoms with Crippen molar-refractivity contribution in [2.45, 2.75) is 62.6 Å². The first kappa shape index (κ1) is 21.5. The molecule has 7 rings (SSSR count). The van der Waals surface area contributed by atoms with Crippen LogP contribution in [-0.2, 0) is 13.2 Å². The lowest BCUT2D eigenvalue weighted by atomic mass is 9.57. The van der Waals surface area contributed by atoms with Crippen molar-refractivity contribution in [1.29, 1.82) is 0 Å². The van der Waals surface area contributed by atoms with Gasteiger partial charge in [-0.05, 0) is 38.5 Å². The fourth-order valence-corrected chi connectivity index (χ4v) is 6.61. The zero-order valence-corrected chi connectivity index (χ0v) is 19.5. The van der Waals surface area contributed by atoms with Crippen molar-refractivity contribution < 1.29 is 22.7 Å². The molecule has 4 heterocycles. The monoisotopic (exact) mass is 491 g/mol. The second-order valence-electron chi connectivity index (χ2n) is 11.6. The molecule has 9 nitrogen and oxygen atoms in total. The lowest BCUT2D eigenvalue weighted by molar-refractivity contribution is -0.146. The van der Waals surface area contributed by atoms with Gasteiger partial charge in [-0.2, -0.15) is 23.4 Å². The summed E-state index contributed by atoms with van der Waals surface area (Å²) in [5, 5.41) is 11.0. The Hall–Kier alpha value is -2.79. The quantitative estimate of drug-likeness (QED) is 0.709. The van der Waals surface area contributed by atoms with Gasteiger partial charge in [-0.3, -0.25) is 9.78 Å². The third-order valence-electron chi connectivity index (χ3n) is 8.53. The SMILES string of the molecule is Cn1cc(OC2CC3(C2)CN(C(=O)N2CC4(CC(c5n[nH]c(C6CC6)n5)C4)C2)C3)c(C(F)(F)F)n1. The topological polar surface area (TPSA) is 92.2 Å². The number of carbonyl (C=O) groups is 1. The number of aryl methyl sites for hydroxylation is 1. The van der Waals surface area contributed by atoms with Crippen LogP contribution < -0.4 is 4.74 Å². The van der Waals surface area contributed by atoms with Gasteiger partial charge in [0.25, 0.3) is 0 Å². The van der Waals surface area contributed by atoms with Gasteiger partial charge in [0, 0.05) is 55.9 Å². The van der Waals surface area contributed by atoms with Crippen molar-refractivity contribution in [3.63, 3.8) is 0 Å². The van der Waals surface area contributed by atoms with Crippen LogP contribution in [0.3, 0.4) is 0 Å². The number of aromatic nitrogens is 5. The maximum atomic E-state index is 13.1. The Morgan fingerprint density at radius 2 is 1.69 bits per heavy atom. The molecule has 0 unspecified atom stereocenters. The number of hydrogen-bond donors (Lipinski definition) is 1. The number of aromatic amines is 1. The Labute approximate surface area is 200 Å². The van der Waals surface area contributed by atoms with E-state index in [0.29, 0.717) is 37.8 Å². The molecule has 0 bridgehead atoms. The molecule has 5 aliphatic rings. The van der Waals surface area contributed by atoms with E-state index >= 15 is 0 Å². The van der Waals surface area contributed by atoms with Crippen LogP contribution in [0.5, 0.6) is 5.75 Å². The molecule has 1 N–H and O–H groups in total. The molecule has 3 aliphatic carbocycles. The van der Waals surface area contributed by atoms with E-state index in [0.717, 1.165) is 42.3 Å². The molecule has 2 aromatic rings. The van der Waals surface area contributed by atoms with Gasteiger partial charge in [-0.15, -0.1) is 0 Å². The highest BCUT2D eigenvalue weighted by Crippen LogP contribution is 2.57. The van der Waals surface area contributed by atoms with Crippen LogP contribution in [0, 0.1) is 10.8 Å². The van der Waals surface area contributed by atoms with Gasteiger partial charge in [0.05, 0.1) is 6.20 Å². The van der Waals surface area contributed by atoms with Gasteiger partial charge in [-0.25, -0.2) is 9.78 Å². The van der Waals surface area contributed by atoms with E-state index in [4.69, 9.17) is 4.74 Å². The van der Waals surface area contributed by atoms with Crippen LogP contribution in [0.15, 0.2) is 6.20 Å². The fourth-order valence-electron chi connectivity index (χ4n) is 6.61. The highest BCUT2D eigenvalue weighted by atomic mass is 19.4. The lowest BCUT2D eigenvalue weighted by Gasteiger charge is -2.62.